The molecule has 1 amide bonds. The lowest BCUT2D eigenvalue weighted by Crippen LogP contribution is -2.57. The Balaban J connectivity index is 1.61. The van der Waals surface area contributed by atoms with Gasteiger partial charge in [0.15, 0.2) is 11.4 Å². The van der Waals surface area contributed by atoms with E-state index >= 15 is 0 Å². The summed E-state index contributed by atoms with van der Waals surface area (Å²) in [5, 5.41) is 44.1. The third-order valence-corrected chi connectivity index (χ3v) is 8.46. The summed E-state index contributed by atoms with van der Waals surface area (Å²) in [6.45, 7) is 4.32. The lowest BCUT2D eigenvalue weighted by molar-refractivity contribution is -0.144. The Morgan fingerprint density at radius 3 is 2.44 bits per heavy atom. The molecule has 1 fully saturated rings. The van der Waals surface area contributed by atoms with Crippen LogP contribution in [-0.4, -0.2) is 61.5 Å². The number of phenolic OH excluding ortho intramolecular Hbond substituents is 1. The molecule has 9 nitrogen and oxygen atoms in total. The number of phenols is 1. The number of nitrogens with two attached hydrogens (primary N) is 1. The number of aromatic hydroxyl groups is 1. The van der Waals surface area contributed by atoms with Crippen molar-refractivity contribution in [1.29, 1.82) is 0 Å². The molecule has 1 saturated heterocycles. The van der Waals surface area contributed by atoms with E-state index in [0.29, 0.717) is 30.5 Å². The average molecular weight is 497 g/mol. The van der Waals surface area contributed by atoms with Gasteiger partial charge in [0.05, 0.1) is 5.56 Å². The Bertz CT molecular complexity index is 1240. The zero-order valence-corrected chi connectivity index (χ0v) is 20.3. The summed E-state index contributed by atoms with van der Waals surface area (Å²) in [6, 6.07) is 1.96. The first-order chi connectivity index (χ1) is 17.1. The summed E-state index contributed by atoms with van der Waals surface area (Å²) in [4.78, 5) is 41.0. The van der Waals surface area contributed by atoms with E-state index in [1.165, 1.54) is 6.42 Å². The molecular weight excluding hydrogens is 464 g/mol. The number of primary amides is 1. The minimum atomic E-state index is -2.54. The summed E-state index contributed by atoms with van der Waals surface area (Å²) in [5.74, 6) is -5.93. The smallest absolute Gasteiger partial charge is 0.255 e. The Morgan fingerprint density at radius 1 is 1.11 bits per heavy atom. The molecule has 0 spiro atoms. The molecule has 6 N–H and O–H groups in total. The zero-order chi connectivity index (χ0) is 25.9. The predicted octanol–water partition coefficient (Wildman–Crippen LogP) is 2.13. The van der Waals surface area contributed by atoms with Gasteiger partial charge < -0.3 is 26.2 Å². The van der Waals surface area contributed by atoms with Crippen LogP contribution in [0.15, 0.2) is 28.7 Å². The van der Waals surface area contributed by atoms with Gasteiger partial charge in [-0.15, -0.1) is 0 Å². The number of benzene rings is 1. The van der Waals surface area contributed by atoms with Crippen molar-refractivity contribution in [1.82, 2.24) is 4.90 Å². The van der Waals surface area contributed by atoms with Gasteiger partial charge in [0.2, 0.25) is 5.78 Å². The molecule has 4 aliphatic rings. The van der Waals surface area contributed by atoms with Gasteiger partial charge in [-0.1, -0.05) is 19.4 Å². The number of piperidine rings is 1. The molecule has 1 aromatic rings. The van der Waals surface area contributed by atoms with E-state index in [1.54, 1.807) is 0 Å². The maximum atomic E-state index is 13.8. The van der Waals surface area contributed by atoms with Crippen molar-refractivity contribution in [2.45, 2.75) is 64.0 Å². The van der Waals surface area contributed by atoms with E-state index in [4.69, 9.17) is 5.73 Å². The number of carbonyl (C=O) groups excluding carboxylic acids is 3. The maximum Gasteiger partial charge on any atom is 0.255 e. The van der Waals surface area contributed by atoms with Crippen molar-refractivity contribution in [3.05, 3.63) is 51.0 Å². The van der Waals surface area contributed by atoms with Crippen molar-refractivity contribution in [3.8, 4) is 5.75 Å². The number of fused-ring (bicyclic) bond motifs is 3. The van der Waals surface area contributed by atoms with Crippen molar-refractivity contribution >= 4 is 17.5 Å². The average Bonchev–Trinajstić information content (AvgIpc) is 2.83. The molecule has 0 aromatic heterocycles. The number of allylic oxidation sites excluding steroid dienone is 2. The van der Waals surface area contributed by atoms with Crippen LogP contribution in [0.4, 0.5) is 0 Å². The van der Waals surface area contributed by atoms with E-state index in [2.05, 4.69) is 4.90 Å². The molecule has 3 aliphatic carbocycles. The van der Waals surface area contributed by atoms with Crippen molar-refractivity contribution in [2.75, 3.05) is 13.1 Å². The maximum absolute atomic E-state index is 13.8. The number of nitrogens with zero attached hydrogens (tertiary/aromatic N) is 1. The highest BCUT2D eigenvalue weighted by Crippen LogP contribution is 2.52. The molecule has 36 heavy (non-hydrogen) atoms. The molecule has 0 bridgehead atoms. The number of aliphatic hydroxyl groups is 3. The highest BCUT2D eigenvalue weighted by Gasteiger charge is 2.59. The number of Topliss-reactive ketones (excluding diaryl/α,β-unsaturated/α-hetero) is 2. The molecule has 3 atom stereocenters. The summed E-state index contributed by atoms with van der Waals surface area (Å²) >= 11 is 0. The SMILES string of the molecule is CCc1cc(CN2CCCCC2)c(O)c2c1C[C@H]1C[C@H]3CC(O)=C(C(N)=O)C(=O)[C@@]3(O)C(O)=C1C2=O. The van der Waals surface area contributed by atoms with E-state index in [9.17, 15) is 34.8 Å². The van der Waals surface area contributed by atoms with E-state index in [-0.39, 0.29) is 29.7 Å². The van der Waals surface area contributed by atoms with Gasteiger partial charge in [-0.2, -0.15) is 0 Å². The summed E-state index contributed by atoms with van der Waals surface area (Å²) < 4.78 is 0. The molecule has 1 aliphatic heterocycles. The molecule has 0 unspecified atom stereocenters. The third kappa shape index (κ3) is 3.48. The van der Waals surface area contributed by atoms with Gasteiger partial charge in [0.1, 0.15) is 22.8 Å². The largest absolute Gasteiger partial charge is 0.511 e. The third-order valence-electron chi connectivity index (χ3n) is 8.46. The number of hydrogen-bond donors (Lipinski definition) is 5. The highest BCUT2D eigenvalue weighted by atomic mass is 16.3. The van der Waals surface area contributed by atoms with Gasteiger partial charge in [0, 0.05) is 30.0 Å². The van der Waals surface area contributed by atoms with Gasteiger partial charge in [-0.3, -0.25) is 19.3 Å². The van der Waals surface area contributed by atoms with Gasteiger partial charge in [0.25, 0.3) is 5.91 Å². The van der Waals surface area contributed by atoms with Crippen LogP contribution in [0.1, 0.15) is 66.1 Å². The van der Waals surface area contributed by atoms with Crippen LogP contribution in [0.25, 0.3) is 0 Å². The van der Waals surface area contributed by atoms with Gasteiger partial charge in [-0.05, 0) is 62.2 Å². The van der Waals surface area contributed by atoms with Crippen LogP contribution in [0, 0.1) is 11.8 Å². The summed E-state index contributed by atoms with van der Waals surface area (Å²) in [6.07, 6.45) is 4.25. The van der Waals surface area contributed by atoms with Gasteiger partial charge in [-0.25, -0.2) is 0 Å². The van der Waals surface area contributed by atoms with Crippen LogP contribution >= 0.6 is 0 Å². The Kier molecular flexibility index (Phi) is 5.95. The molecule has 9 heteroatoms. The molecule has 0 radical (unpaired) electrons. The normalized spacial score (nSPS) is 28.6. The number of likely N-dealkylation sites (tertiary alicyclic amines) is 1. The predicted molar refractivity (Wildman–Crippen MR) is 129 cm³/mol. The topological polar surface area (TPSA) is 161 Å². The number of carbonyl (C=O) groups is 3. The monoisotopic (exact) mass is 496 g/mol. The fourth-order valence-corrected chi connectivity index (χ4v) is 6.62. The second kappa shape index (κ2) is 8.74. The van der Waals surface area contributed by atoms with Crippen LogP contribution in [0.3, 0.4) is 0 Å². The number of amides is 1. The number of aliphatic hydroxyl groups excluding tert-OH is 2. The van der Waals surface area contributed by atoms with Gasteiger partial charge >= 0.3 is 0 Å². The molecule has 5 rings (SSSR count). The quantitative estimate of drug-likeness (QED) is 0.396. The second-order valence-corrected chi connectivity index (χ2v) is 10.5. The van der Waals surface area contributed by atoms with E-state index in [0.717, 1.165) is 31.5 Å². The fourth-order valence-electron chi connectivity index (χ4n) is 6.62. The molecule has 1 aromatic carbocycles. The van der Waals surface area contributed by atoms with Crippen LogP contribution in [0.5, 0.6) is 5.75 Å². The Labute approximate surface area is 208 Å². The number of ketones is 2. The molecule has 1 heterocycles. The van der Waals surface area contributed by atoms with Crippen molar-refractivity contribution < 1.29 is 34.8 Å². The van der Waals surface area contributed by atoms with Crippen molar-refractivity contribution in [3.63, 3.8) is 0 Å². The number of rotatable bonds is 4. The number of aryl methyl sites for hydroxylation is 1. The lowest BCUT2D eigenvalue weighted by atomic mass is 9.60. The lowest BCUT2D eigenvalue weighted by Gasteiger charge is -2.45. The van der Waals surface area contributed by atoms with E-state index in [1.807, 2.05) is 13.0 Å². The number of hydrogen-bond acceptors (Lipinski definition) is 8. The van der Waals surface area contributed by atoms with Crippen LogP contribution in [0.2, 0.25) is 0 Å². The zero-order valence-electron chi connectivity index (χ0n) is 20.3. The first kappa shape index (κ1) is 24.5. The van der Waals surface area contributed by atoms with Crippen LogP contribution in [-0.2, 0) is 29.0 Å². The summed E-state index contributed by atoms with van der Waals surface area (Å²) in [7, 11) is 0. The Hall–Kier alpha value is -3.17. The highest BCUT2D eigenvalue weighted by molar-refractivity contribution is 6.24. The minimum absolute atomic E-state index is 0.109. The molecular formula is C27H32N2O7. The standard InChI is InChI=1S/C27H32N2O7/c1-2-13-8-15(12-29-6-4-3-5-7-29)22(31)20-17(13)10-14-9-16-11-18(30)21(26(28)35)25(34)27(16,36)24(33)19(14)23(20)32/h8,14,16,30-31,33,36H,2-7,9-12H2,1H3,(H2,28,35)/t14-,16+,27+/m1/s1. The molecule has 192 valence electrons. The van der Waals surface area contributed by atoms with E-state index < -0.39 is 52.0 Å². The first-order valence-electron chi connectivity index (χ1n) is 12.7. The first-order valence-corrected chi connectivity index (χ1v) is 12.7. The van der Waals surface area contributed by atoms with Crippen molar-refractivity contribution in [2.24, 2.45) is 17.6 Å². The Morgan fingerprint density at radius 2 is 1.81 bits per heavy atom. The molecule has 0 saturated carbocycles. The van der Waals surface area contributed by atoms with Crippen LogP contribution < -0.4 is 5.73 Å². The second-order valence-electron chi connectivity index (χ2n) is 10.5. The fraction of sp³-hybridized carbons (Fsp3) is 0.519. The summed E-state index contributed by atoms with van der Waals surface area (Å²) in [5.41, 5.74) is 4.25. The minimum Gasteiger partial charge on any atom is -0.511 e.